The Morgan fingerprint density at radius 2 is 2.31 bits per heavy atom. The first-order valence-electron chi connectivity index (χ1n) is 3.97. The highest BCUT2D eigenvalue weighted by molar-refractivity contribution is 5.92. The van der Waals surface area contributed by atoms with Gasteiger partial charge in [-0.05, 0) is 18.6 Å². The summed E-state index contributed by atoms with van der Waals surface area (Å²) in [6.07, 6.45) is 3.44. The molecule has 3 nitrogen and oxygen atoms in total. The molecule has 1 aromatic carbocycles. The molecule has 0 unspecified atom stereocenters. The Hall–Kier alpha value is -1.86. The number of hydrogen-bond donors (Lipinski definition) is 1. The quantitative estimate of drug-likeness (QED) is 0.521. The van der Waals surface area contributed by atoms with Gasteiger partial charge in [0.15, 0.2) is 0 Å². The normalized spacial score (nSPS) is 9.92. The molecule has 0 radical (unpaired) electrons. The molecule has 1 N–H and O–H groups in total. The minimum absolute atomic E-state index is 0.639. The monoisotopic (exact) mass is 172 g/mol. The number of nitrogens with one attached hydrogen (secondary N) is 1. The molecular weight excluding hydrogens is 164 g/mol. The average molecular weight is 172 g/mol. The second kappa shape index (κ2) is 2.88. The summed E-state index contributed by atoms with van der Waals surface area (Å²) in [7, 11) is 0. The summed E-state index contributed by atoms with van der Waals surface area (Å²) in [5, 5.41) is 1.09. The van der Waals surface area contributed by atoms with Crippen LogP contribution >= 0.6 is 0 Å². The highest BCUT2D eigenvalue weighted by Crippen LogP contribution is 2.26. The summed E-state index contributed by atoms with van der Waals surface area (Å²) in [4.78, 5) is 16.8. The van der Waals surface area contributed by atoms with Crippen LogP contribution in [0.5, 0.6) is 0 Å². The molecule has 0 saturated heterocycles. The van der Waals surface area contributed by atoms with E-state index >= 15 is 0 Å². The van der Waals surface area contributed by atoms with Crippen molar-refractivity contribution >= 4 is 22.7 Å². The third-order valence-electron chi connectivity index (χ3n) is 2.07. The maximum absolute atomic E-state index is 10.1. The number of aromatic amines is 1. The fourth-order valence-corrected chi connectivity index (χ4v) is 1.42. The molecule has 64 valence electrons. The maximum atomic E-state index is 10.1. The zero-order chi connectivity index (χ0) is 9.26. The molecular formula is C10H8N2O. The van der Waals surface area contributed by atoms with Gasteiger partial charge in [0.1, 0.15) is 5.69 Å². The van der Waals surface area contributed by atoms with Gasteiger partial charge >= 0.3 is 0 Å². The molecule has 0 fully saturated rings. The van der Waals surface area contributed by atoms with E-state index in [-0.39, 0.29) is 0 Å². The second-order valence-corrected chi connectivity index (χ2v) is 2.87. The molecule has 0 atom stereocenters. The van der Waals surface area contributed by atoms with Crippen LogP contribution in [0.3, 0.4) is 0 Å². The molecule has 0 aliphatic heterocycles. The van der Waals surface area contributed by atoms with Crippen molar-refractivity contribution in [3.63, 3.8) is 0 Å². The van der Waals surface area contributed by atoms with Gasteiger partial charge < -0.3 is 4.98 Å². The number of aryl methyl sites for hydroxylation is 1. The number of aromatic nitrogens is 1. The molecule has 1 heterocycles. The number of aliphatic imine (C=N–C) groups is 1. The van der Waals surface area contributed by atoms with Crippen molar-refractivity contribution in [2.75, 3.05) is 0 Å². The Bertz CT molecular complexity index is 493. The van der Waals surface area contributed by atoms with Crippen molar-refractivity contribution in [3.05, 3.63) is 30.0 Å². The van der Waals surface area contributed by atoms with Crippen LogP contribution in [0.15, 0.2) is 29.4 Å². The number of nitrogens with zero attached hydrogens (tertiary/aromatic N) is 1. The van der Waals surface area contributed by atoms with Crippen molar-refractivity contribution < 1.29 is 4.79 Å². The van der Waals surface area contributed by atoms with Crippen molar-refractivity contribution in [1.29, 1.82) is 0 Å². The number of benzene rings is 1. The minimum atomic E-state index is 0.639. The van der Waals surface area contributed by atoms with Crippen LogP contribution in [0, 0.1) is 6.92 Å². The van der Waals surface area contributed by atoms with E-state index in [0.717, 1.165) is 16.5 Å². The number of fused-ring (bicyclic) bond motifs is 1. The van der Waals surface area contributed by atoms with E-state index < -0.39 is 0 Å². The van der Waals surface area contributed by atoms with Gasteiger partial charge in [-0.25, -0.2) is 4.79 Å². The molecule has 2 rings (SSSR count). The van der Waals surface area contributed by atoms with Crippen LogP contribution in [0.4, 0.5) is 5.69 Å². The molecule has 13 heavy (non-hydrogen) atoms. The fraction of sp³-hybridized carbons (Fsp3) is 0.100. The molecule has 0 amide bonds. The number of isocyanates is 1. The van der Waals surface area contributed by atoms with Crippen molar-refractivity contribution in [2.45, 2.75) is 6.92 Å². The predicted molar refractivity (Wildman–Crippen MR) is 50.8 cm³/mol. The average Bonchev–Trinajstić information content (AvgIpc) is 2.50. The summed E-state index contributed by atoms with van der Waals surface area (Å²) in [5.41, 5.74) is 2.68. The van der Waals surface area contributed by atoms with E-state index in [1.807, 2.05) is 25.3 Å². The number of hydrogen-bond acceptors (Lipinski definition) is 2. The van der Waals surface area contributed by atoms with Gasteiger partial charge in [-0.2, -0.15) is 4.99 Å². The molecule has 0 aliphatic carbocycles. The SMILES string of the molecule is Cc1c[nH]c2c(N=C=O)cccc12. The largest absolute Gasteiger partial charge is 0.359 e. The zero-order valence-electron chi connectivity index (χ0n) is 7.16. The van der Waals surface area contributed by atoms with Crippen LogP contribution in [0.2, 0.25) is 0 Å². The van der Waals surface area contributed by atoms with E-state index in [0.29, 0.717) is 5.69 Å². The lowest BCUT2D eigenvalue weighted by Gasteiger charge is -1.93. The number of carbonyl (C=O) groups excluding carboxylic acids is 1. The zero-order valence-corrected chi connectivity index (χ0v) is 7.16. The predicted octanol–water partition coefficient (Wildman–Crippen LogP) is 2.44. The lowest BCUT2D eigenvalue weighted by Crippen LogP contribution is -1.70. The second-order valence-electron chi connectivity index (χ2n) is 2.87. The highest BCUT2D eigenvalue weighted by Gasteiger charge is 2.02. The van der Waals surface area contributed by atoms with E-state index in [4.69, 9.17) is 0 Å². The minimum Gasteiger partial charge on any atom is -0.359 e. The summed E-state index contributed by atoms with van der Waals surface area (Å²) in [6.45, 7) is 2.01. The Kier molecular flexibility index (Phi) is 1.72. The van der Waals surface area contributed by atoms with Crippen molar-refractivity contribution in [1.82, 2.24) is 4.98 Å². The summed E-state index contributed by atoms with van der Waals surface area (Å²) >= 11 is 0. The van der Waals surface area contributed by atoms with Crippen molar-refractivity contribution in [2.24, 2.45) is 4.99 Å². The third kappa shape index (κ3) is 1.15. The van der Waals surface area contributed by atoms with Crippen LogP contribution in [0.25, 0.3) is 10.9 Å². The van der Waals surface area contributed by atoms with Crippen LogP contribution < -0.4 is 0 Å². The van der Waals surface area contributed by atoms with Gasteiger partial charge in [-0.15, -0.1) is 0 Å². The summed E-state index contributed by atoms with van der Waals surface area (Å²) in [5.74, 6) is 0. The van der Waals surface area contributed by atoms with Crippen LogP contribution in [0.1, 0.15) is 5.56 Å². The highest BCUT2D eigenvalue weighted by atomic mass is 16.1. The smallest absolute Gasteiger partial charge is 0.240 e. The molecule has 0 bridgehead atoms. The molecule has 3 heteroatoms. The Morgan fingerprint density at radius 3 is 3.08 bits per heavy atom. The first-order chi connectivity index (χ1) is 6.33. The van der Waals surface area contributed by atoms with Gasteiger partial charge in [-0.1, -0.05) is 12.1 Å². The van der Waals surface area contributed by atoms with E-state index in [1.165, 1.54) is 0 Å². The van der Waals surface area contributed by atoms with Crippen molar-refractivity contribution in [3.8, 4) is 0 Å². The Balaban J connectivity index is 2.84. The number of rotatable bonds is 1. The van der Waals surface area contributed by atoms with Crippen LogP contribution in [-0.4, -0.2) is 11.1 Å². The van der Waals surface area contributed by atoms with Gasteiger partial charge in [-0.3, -0.25) is 0 Å². The van der Waals surface area contributed by atoms with Gasteiger partial charge in [0.2, 0.25) is 6.08 Å². The first kappa shape index (κ1) is 7.77. The lowest BCUT2D eigenvalue weighted by molar-refractivity contribution is 0.565. The van der Waals surface area contributed by atoms with E-state index in [2.05, 4.69) is 9.98 Å². The van der Waals surface area contributed by atoms with Gasteiger partial charge in [0, 0.05) is 11.6 Å². The molecule has 0 spiro atoms. The fourth-order valence-electron chi connectivity index (χ4n) is 1.42. The standard InChI is InChI=1S/C10H8N2O/c1-7-5-11-10-8(7)3-2-4-9(10)12-6-13/h2-5,11H,1H3. The summed E-state index contributed by atoms with van der Waals surface area (Å²) in [6, 6.07) is 5.65. The number of H-pyrrole nitrogens is 1. The Labute approximate surface area is 75.1 Å². The molecule has 0 saturated carbocycles. The van der Waals surface area contributed by atoms with E-state index in [9.17, 15) is 4.79 Å². The van der Waals surface area contributed by atoms with Crippen LogP contribution in [-0.2, 0) is 4.79 Å². The summed E-state index contributed by atoms with van der Waals surface area (Å²) < 4.78 is 0. The Morgan fingerprint density at radius 1 is 1.46 bits per heavy atom. The molecule has 0 aliphatic rings. The molecule has 2 aromatic rings. The van der Waals surface area contributed by atoms with E-state index in [1.54, 1.807) is 12.1 Å². The van der Waals surface area contributed by atoms with Gasteiger partial charge in [0.05, 0.1) is 5.52 Å². The molecule has 1 aromatic heterocycles. The first-order valence-corrected chi connectivity index (χ1v) is 3.97. The van der Waals surface area contributed by atoms with Gasteiger partial charge in [0.25, 0.3) is 0 Å². The number of para-hydroxylation sites is 1. The third-order valence-corrected chi connectivity index (χ3v) is 2.07. The maximum Gasteiger partial charge on any atom is 0.240 e. The topological polar surface area (TPSA) is 45.2 Å². The lowest BCUT2D eigenvalue weighted by atomic mass is 10.2.